The Morgan fingerprint density at radius 2 is 2.31 bits per heavy atom. The molecule has 2 heterocycles. The van der Waals surface area contributed by atoms with E-state index >= 15 is 0 Å². The maximum Gasteiger partial charge on any atom is 0.228 e. The van der Waals surface area contributed by atoms with Gasteiger partial charge in [-0.15, -0.1) is 0 Å². The zero-order valence-electron chi connectivity index (χ0n) is 8.97. The summed E-state index contributed by atoms with van der Waals surface area (Å²) in [6, 6.07) is 3.50. The zero-order chi connectivity index (χ0) is 11.5. The molecular weight excluding hydrogens is 206 g/mol. The van der Waals surface area contributed by atoms with Crippen molar-refractivity contribution in [3.05, 3.63) is 24.0 Å². The highest BCUT2D eigenvalue weighted by Crippen LogP contribution is 2.15. The number of hydrogen-bond donors (Lipinski definition) is 2. The number of anilines is 1. The molecule has 1 aliphatic heterocycles. The molecule has 0 spiro atoms. The van der Waals surface area contributed by atoms with Crippen molar-refractivity contribution < 1.29 is 9.90 Å². The Balaban J connectivity index is 1.86. The number of carbonyl (C=O) groups is 1. The maximum atomic E-state index is 11.7. The summed E-state index contributed by atoms with van der Waals surface area (Å²) in [6.07, 6.45) is 1.85. The maximum absolute atomic E-state index is 11.7. The number of aromatic nitrogens is 1. The Morgan fingerprint density at radius 1 is 1.56 bits per heavy atom. The molecule has 1 aromatic heterocycles. The fourth-order valence-electron chi connectivity index (χ4n) is 1.70. The first-order valence-electron chi connectivity index (χ1n) is 5.28. The number of amides is 1. The molecule has 0 saturated carbocycles. The minimum Gasteiger partial charge on any atom is -0.397 e. The third-order valence-electron chi connectivity index (χ3n) is 2.75. The lowest BCUT2D eigenvalue weighted by Crippen LogP contribution is -2.51. The van der Waals surface area contributed by atoms with Crippen molar-refractivity contribution in [2.45, 2.75) is 6.42 Å². The van der Waals surface area contributed by atoms with Crippen molar-refractivity contribution in [3.63, 3.8) is 0 Å². The fourth-order valence-corrected chi connectivity index (χ4v) is 1.70. The first kappa shape index (κ1) is 10.9. The van der Waals surface area contributed by atoms with Gasteiger partial charge in [-0.3, -0.25) is 9.78 Å². The molecule has 86 valence electrons. The van der Waals surface area contributed by atoms with Crippen LogP contribution >= 0.6 is 0 Å². The first-order valence-corrected chi connectivity index (χ1v) is 5.28. The summed E-state index contributed by atoms with van der Waals surface area (Å²) >= 11 is 0. The summed E-state index contributed by atoms with van der Waals surface area (Å²) in [5, 5.41) is 8.84. The number of aliphatic hydroxyl groups is 1. The average Bonchev–Trinajstić information content (AvgIpc) is 2.20. The second-order valence-corrected chi connectivity index (χ2v) is 4.11. The van der Waals surface area contributed by atoms with Crippen molar-refractivity contribution in [2.75, 3.05) is 25.4 Å². The van der Waals surface area contributed by atoms with E-state index in [1.807, 2.05) is 0 Å². The van der Waals surface area contributed by atoms with E-state index in [1.165, 1.54) is 0 Å². The molecule has 5 nitrogen and oxygen atoms in total. The van der Waals surface area contributed by atoms with Gasteiger partial charge in [-0.1, -0.05) is 0 Å². The monoisotopic (exact) mass is 221 g/mol. The molecule has 2 rings (SSSR count). The van der Waals surface area contributed by atoms with Crippen LogP contribution in [0.3, 0.4) is 0 Å². The van der Waals surface area contributed by atoms with E-state index in [0.717, 1.165) is 5.69 Å². The Morgan fingerprint density at radius 3 is 2.88 bits per heavy atom. The highest BCUT2D eigenvalue weighted by Gasteiger charge is 2.29. The second-order valence-electron chi connectivity index (χ2n) is 4.11. The van der Waals surface area contributed by atoms with Crippen LogP contribution in [0, 0.1) is 5.92 Å². The van der Waals surface area contributed by atoms with Crippen molar-refractivity contribution in [1.82, 2.24) is 9.88 Å². The van der Waals surface area contributed by atoms with Crippen LogP contribution in [0.4, 0.5) is 5.69 Å². The lowest BCUT2D eigenvalue weighted by molar-refractivity contribution is -0.137. The minimum absolute atomic E-state index is 0.0574. The van der Waals surface area contributed by atoms with Crippen LogP contribution in [0.25, 0.3) is 0 Å². The number of nitrogens with two attached hydrogens (primary N) is 1. The van der Waals surface area contributed by atoms with Crippen molar-refractivity contribution >= 4 is 11.6 Å². The van der Waals surface area contributed by atoms with Crippen LogP contribution in [0.2, 0.25) is 0 Å². The number of rotatable bonds is 3. The van der Waals surface area contributed by atoms with E-state index in [4.69, 9.17) is 10.8 Å². The smallest absolute Gasteiger partial charge is 0.228 e. The summed E-state index contributed by atoms with van der Waals surface area (Å²) in [4.78, 5) is 17.5. The molecule has 0 atom stereocenters. The topological polar surface area (TPSA) is 79.5 Å². The van der Waals surface area contributed by atoms with E-state index in [1.54, 1.807) is 23.2 Å². The molecule has 16 heavy (non-hydrogen) atoms. The molecule has 1 fully saturated rings. The highest BCUT2D eigenvalue weighted by molar-refractivity contribution is 5.79. The number of carbonyl (C=O) groups excluding carboxylic acids is 1. The van der Waals surface area contributed by atoms with Crippen LogP contribution in [0.5, 0.6) is 0 Å². The SMILES string of the molecule is Nc1ccc(CC(=O)N2CC(CO)C2)nc1. The summed E-state index contributed by atoms with van der Waals surface area (Å²) in [5.41, 5.74) is 6.83. The van der Waals surface area contributed by atoms with Crippen LogP contribution in [0.15, 0.2) is 18.3 Å². The van der Waals surface area contributed by atoms with Gasteiger partial charge >= 0.3 is 0 Å². The van der Waals surface area contributed by atoms with Gasteiger partial charge in [-0.05, 0) is 12.1 Å². The first-order chi connectivity index (χ1) is 7.69. The van der Waals surface area contributed by atoms with Crippen molar-refractivity contribution in [3.8, 4) is 0 Å². The van der Waals surface area contributed by atoms with E-state index in [-0.39, 0.29) is 18.4 Å². The highest BCUT2D eigenvalue weighted by atomic mass is 16.3. The quantitative estimate of drug-likeness (QED) is 0.731. The minimum atomic E-state index is 0.0574. The van der Waals surface area contributed by atoms with E-state index in [2.05, 4.69) is 4.98 Å². The summed E-state index contributed by atoms with van der Waals surface area (Å²) in [5.74, 6) is 0.310. The Hall–Kier alpha value is -1.62. The Kier molecular flexibility index (Phi) is 3.05. The van der Waals surface area contributed by atoms with Crippen LogP contribution in [-0.4, -0.2) is 40.6 Å². The predicted molar refractivity (Wildman–Crippen MR) is 59.5 cm³/mol. The van der Waals surface area contributed by atoms with Gasteiger partial charge in [-0.2, -0.15) is 0 Å². The lowest BCUT2D eigenvalue weighted by Gasteiger charge is -2.38. The second kappa shape index (κ2) is 4.49. The average molecular weight is 221 g/mol. The molecule has 3 N–H and O–H groups in total. The van der Waals surface area contributed by atoms with Gasteiger partial charge in [-0.25, -0.2) is 0 Å². The van der Waals surface area contributed by atoms with E-state index < -0.39 is 0 Å². The van der Waals surface area contributed by atoms with E-state index in [0.29, 0.717) is 25.2 Å². The predicted octanol–water partition coefficient (Wildman–Crippen LogP) is -0.343. The molecule has 0 aliphatic carbocycles. The summed E-state index contributed by atoms with van der Waals surface area (Å²) in [7, 11) is 0. The van der Waals surface area contributed by atoms with Crippen molar-refractivity contribution in [2.24, 2.45) is 5.92 Å². The third kappa shape index (κ3) is 2.30. The third-order valence-corrected chi connectivity index (χ3v) is 2.75. The summed E-state index contributed by atoms with van der Waals surface area (Å²) in [6.45, 7) is 1.47. The van der Waals surface area contributed by atoms with Gasteiger partial charge in [0, 0.05) is 31.3 Å². The number of pyridine rings is 1. The normalized spacial score (nSPS) is 15.9. The van der Waals surface area contributed by atoms with Gasteiger partial charge in [0.2, 0.25) is 5.91 Å². The molecule has 0 bridgehead atoms. The van der Waals surface area contributed by atoms with Crippen molar-refractivity contribution in [1.29, 1.82) is 0 Å². The molecule has 1 saturated heterocycles. The number of likely N-dealkylation sites (tertiary alicyclic amines) is 1. The van der Waals surface area contributed by atoms with Crippen LogP contribution < -0.4 is 5.73 Å². The Labute approximate surface area is 93.9 Å². The number of hydrogen-bond acceptors (Lipinski definition) is 4. The van der Waals surface area contributed by atoms with Gasteiger partial charge in [0.25, 0.3) is 0 Å². The van der Waals surface area contributed by atoms with Gasteiger partial charge < -0.3 is 15.7 Å². The standard InChI is InChI=1S/C11H15N3O2/c12-9-1-2-10(13-4-9)3-11(16)14-5-8(6-14)7-15/h1-2,4,8,15H,3,5-7,12H2. The largest absolute Gasteiger partial charge is 0.397 e. The van der Waals surface area contributed by atoms with Crippen LogP contribution in [-0.2, 0) is 11.2 Å². The molecule has 0 unspecified atom stereocenters. The summed E-state index contributed by atoms with van der Waals surface area (Å²) < 4.78 is 0. The zero-order valence-corrected chi connectivity index (χ0v) is 8.97. The molecular formula is C11H15N3O2. The molecule has 1 aliphatic rings. The molecule has 0 radical (unpaired) electrons. The van der Waals surface area contributed by atoms with Crippen LogP contribution in [0.1, 0.15) is 5.69 Å². The molecule has 1 amide bonds. The molecule has 5 heteroatoms. The van der Waals surface area contributed by atoms with Gasteiger partial charge in [0.1, 0.15) is 0 Å². The van der Waals surface area contributed by atoms with Gasteiger partial charge in [0.05, 0.1) is 18.3 Å². The van der Waals surface area contributed by atoms with E-state index in [9.17, 15) is 4.79 Å². The number of aliphatic hydroxyl groups excluding tert-OH is 1. The lowest BCUT2D eigenvalue weighted by atomic mass is 10.0. The molecule has 0 aromatic carbocycles. The molecule has 1 aromatic rings. The number of nitrogens with zero attached hydrogens (tertiary/aromatic N) is 2. The number of nitrogen functional groups attached to an aromatic ring is 1. The Bertz CT molecular complexity index is 371. The van der Waals surface area contributed by atoms with Gasteiger partial charge in [0.15, 0.2) is 0 Å². The fraction of sp³-hybridized carbons (Fsp3) is 0.455.